The Hall–Kier alpha value is -1.13. The van der Waals surface area contributed by atoms with E-state index in [1.807, 2.05) is 24.0 Å². The third kappa shape index (κ3) is 4.42. The Morgan fingerprint density at radius 3 is 2.67 bits per heavy atom. The van der Waals surface area contributed by atoms with E-state index in [1.165, 1.54) is 0 Å². The molecule has 4 heteroatoms. The topological polar surface area (TPSA) is 35.5 Å². The summed E-state index contributed by atoms with van der Waals surface area (Å²) in [7, 11) is 0. The SMILES string of the molecule is CC(O)C1CCN(c2ccc(CNC(C)(C)C)cc2F)C1. The average Bonchev–Trinajstić information content (AvgIpc) is 2.85. The van der Waals surface area contributed by atoms with E-state index >= 15 is 0 Å². The first-order chi connectivity index (χ1) is 9.76. The fraction of sp³-hybridized carbons (Fsp3) is 0.647. The van der Waals surface area contributed by atoms with Crippen LogP contribution in [0.3, 0.4) is 0 Å². The van der Waals surface area contributed by atoms with Crippen molar-refractivity contribution in [2.75, 3.05) is 18.0 Å². The van der Waals surface area contributed by atoms with Crippen molar-refractivity contribution in [1.82, 2.24) is 5.32 Å². The standard InChI is InChI=1S/C17H27FN2O/c1-12(21)14-7-8-20(11-14)16-6-5-13(9-15(16)18)10-19-17(2,3)4/h5-6,9,12,14,19,21H,7-8,10-11H2,1-4H3. The van der Waals surface area contributed by atoms with E-state index < -0.39 is 0 Å². The molecule has 1 aromatic carbocycles. The van der Waals surface area contributed by atoms with Crippen molar-refractivity contribution < 1.29 is 9.50 Å². The second-order valence-corrected chi connectivity index (χ2v) is 7.12. The fourth-order valence-electron chi connectivity index (χ4n) is 2.68. The molecule has 2 N–H and O–H groups in total. The number of aliphatic hydroxyl groups excluding tert-OH is 1. The van der Waals surface area contributed by atoms with Gasteiger partial charge in [-0.05, 0) is 51.8 Å². The Labute approximate surface area is 127 Å². The smallest absolute Gasteiger partial charge is 0.146 e. The summed E-state index contributed by atoms with van der Waals surface area (Å²) in [4.78, 5) is 2.04. The molecule has 2 rings (SSSR count). The van der Waals surface area contributed by atoms with Gasteiger partial charge in [-0.3, -0.25) is 0 Å². The molecule has 1 aliphatic heterocycles. The lowest BCUT2D eigenvalue weighted by atomic mass is 10.0. The maximum absolute atomic E-state index is 14.3. The van der Waals surface area contributed by atoms with Crippen molar-refractivity contribution in [2.24, 2.45) is 5.92 Å². The van der Waals surface area contributed by atoms with Crippen LogP contribution in [0.2, 0.25) is 0 Å². The van der Waals surface area contributed by atoms with Gasteiger partial charge in [0, 0.05) is 31.1 Å². The zero-order valence-corrected chi connectivity index (χ0v) is 13.5. The van der Waals surface area contributed by atoms with Gasteiger partial charge in [0.2, 0.25) is 0 Å². The highest BCUT2D eigenvalue weighted by Gasteiger charge is 2.27. The minimum atomic E-state index is -0.326. The van der Waals surface area contributed by atoms with Gasteiger partial charge >= 0.3 is 0 Å². The number of halogens is 1. The van der Waals surface area contributed by atoms with Gasteiger partial charge in [0.1, 0.15) is 5.82 Å². The summed E-state index contributed by atoms with van der Waals surface area (Å²) in [5, 5.41) is 13.0. The zero-order chi connectivity index (χ0) is 15.6. The second-order valence-electron chi connectivity index (χ2n) is 7.12. The van der Waals surface area contributed by atoms with Crippen molar-refractivity contribution in [3.63, 3.8) is 0 Å². The number of nitrogens with one attached hydrogen (secondary N) is 1. The van der Waals surface area contributed by atoms with E-state index in [-0.39, 0.29) is 23.4 Å². The Morgan fingerprint density at radius 2 is 2.14 bits per heavy atom. The van der Waals surface area contributed by atoms with Crippen LogP contribution in [0.15, 0.2) is 18.2 Å². The molecule has 0 aliphatic carbocycles. The number of rotatable bonds is 4. The molecule has 0 aromatic heterocycles. The molecule has 1 aromatic rings. The summed E-state index contributed by atoms with van der Waals surface area (Å²) in [5.41, 5.74) is 1.63. The van der Waals surface area contributed by atoms with Crippen LogP contribution in [0.1, 0.15) is 39.7 Å². The molecule has 0 radical (unpaired) electrons. The largest absolute Gasteiger partial charge is 0.393 e. The minimum Gasteiger partial charge on any atom is -0.393 e. The van der Waals surface area contributed by atoms with Crippen LogP contribution >= 0.6 is 0 Å². The maximum atomic E-state index is 14.3. The molecule has 2 unspecified atom stereocenters. The van der Waals surface area contributed by atoms with Gasteiger partial charge in [-0.25, -0.2) is 4.39 Å². The molecule has 118 valence electrons. The van der Waals surface area contributed by atoms with Crippen molar-refractivity contribution in [2.45, 2.75) is 52.3 Å². The molecule has 0 spiro atoms. The third-order valence-corrected chi connectivity index (χ3v) is 4.08. The average molecular weight is 294 g/mol. The summed E-state index contributed by atoms with van der Waals surface area (Å²) < 4.78 is 14.3. The van der Waals surface area contributed by atoms with Gasteiger partial charge in [-0.1, -0.05) is 6.07 Å². The number of nitrogens with zero attached hydrogens (tertiary/aromatic N) is 1. The van der Waals surface area contributed by atoms with Crippen molar-refractivity contribution in [3.05, 3.63) is 29.6 Å². The molecule has 2 atom stereocenters. The molecule has 0 bridgehead atoms. The van der Waals surface area contributed by atoms with Crippen LogP contribution in [-0.4, -0.2) is 29.8 Å². The number of hydrogen-bond acceptors (Lipinski definition) is 3. The first kappa shape index (κ1) is 16.2. The van der Waals surface area contributed by atoms with Crippen molar-refractivity contribution in [1.29, 1.82) is 0 Å². The van der Waals surface area contributed by atoms with Crippen LogP contribution in [0, 0.1) is 11.7 Å². The molecule has 21 heavy (non-hydrogen) atoms. The molecule has 3 nitrogen and oxygen atoms in total. The lowest BCUT2D eigenvalue weighted by molar-refractivity contribution is 0.136. The monoisotopic (exact) mass is 294 g/mol. The van der Waals surface area contributed by atoms with E-state index in [4.69, 9.17) is 0 Å². The van der Waals surface area contributed by atoms with E-state index in [9.17, 15) is 9.50 Å². The molecule has 1 saturated heterocycles. The van der Waals surface area contributed by atoms with Crippen LogP contribution in [-0.2, 0) is 6.54 Å². The Kier molecular flexibility index (Phi) is 4.89. The number of aliphatic hydroxyl groups is 1. The lowest BCUT2D eigenvalue weighted by Gasteiger charge is -2.22. The summed E-state index contributed by atoms with van der Waals surface area (Å²) in [6, 6.07) is 5.45. The fourth-order valence-corrected chi connectivity index (χ4v) is 2.68. The molecule has 1 aliphatic rings. The molecule has 1 fully saturated rings. The number of anilines is 1. The Morgan fingerprint density at radius 1 is 1.43 bits per heavy atom. The highest BCUT2D eigenvalue weighted by atomic mass is 19.1. The quantitative estimate of drug-likeness (QED) is 0.896. The Bertz CT molecular complexity index is 482. The van der Waals surface area contributed by atoms with Crippen LogP contribution in [0.5, 0.6) is 0 Å². The van der Waals surface area contributed by atoms with Crippen LogP contribution in [0.4, 0.5) is 10.1 Å². The summed E-state index contributed by atoms with van der Waals surface area (Å²) in [5.74, 6) is 0.0704. The molecule has 0 saturated carbocycles. The summed E-state index contributed by atoms with van der Waals surface area (Å²) >= 11 is 0. The van der Waals surface area contributed by atoms with Crippen LogP contribution < -0.4 is 10.2 Å². The molecular weight excluding hydrogens is 267 g/mol. The lowest BCUT2D eigenvalue weighted by Crippen LogP contribution is -2.35. The summed E-state index contributed by atoms with van der Waals surface area (Å²) in [6.45, 7) is 10.3. The second kappa shape index (κ2) is 6.32. The van der Waals surface area contributed by atoms with Crippen molar-refractivity contribution in [3.8, 4) is 0 Å². The molecule has 0 amide bonds. The highest BCUT2D eigenvalue weighted by molar-refractivity contribution is 5.50. The third-order valence-electron chi connectivity index (χ3n) is 4.08. The molecular formula is C17H27FN2O. The number of hydrogen-bond donors (Lipinski definition) is 2. The van der Waals surface area contributed by atoms with Gasteiger partial charge in [0.05, 0.1) is 11.8 Å². The highest BCUT2D eigenvalue weighted by Crippen LogP contribution is 2.28. The van der Waals surface area contributed by atoms with E-state index in [1.54, 1.807) is 6.07 Å². The Balaban J connectivity index is 2.03. The molecule has 1 heterocycles. The van der Waals surface area contributed by atoms with Gasteiger partial charge in [-0.2, -0.15) is 0 Å². The first-order valence-corrected chi connectivity index (χ1v) is 7.73. The summed E-state index contributed by atoms with van der Waals surface area (Å²) in [6.07, 6.45) is 0.595. The minimum absolute atomic E-state index is 0.0224. The normalized spacial score (nSPS) is 20.9. The predicted molar refractivity (Wildman–Crippen MR) is 85.0 cm³/mol. The van der Waals surface area contributed by atoms with E-state index in [2.05, 4.69) is 26.1 Å². The van der Waals surface area contributed by atoms with Crippen LogP contribution in [0.25, 0.3) is 0 Å². The van der Waals surface area contributed by atoms with E-state index in [0.717, 1.165) is 25.1 Å². The van der Waals surface area contributed by atoms with Gasteiger partial charge < -0.3 is 15.3 Å². The van der Waals surface area contributed by atoms with Crippen molar-refractivity contribution >= 4 is 5.69 Å². The zero-order valence-electron chi connectivity index (χ0n) is 13.5. The van der Waals surface area contributed by atoms with E-state index in [0.29, 0.717) is 12.2 Å². The van der Waals surface area contributed by atoms with Gasteiger partial charge in [0.25, 0.3) is 0 Å². The first-order valence-electron chi connectivity index (χ1n) is 7.73. The van der Waals surface area contributed by atoms with Gasteiger partial charge in [0.15, 0.2) is 0 Å². The van der Waals surface area contributed by atoms with Gasteiger partial charge in [-0.15, -0.1) is 0 Å². The predicted octanol–water partition coefficient (Wildman–Crippen LogP) is 2.92. The number of benzene rings is 1. The maximum Gasteiger partial charge on any atom is 0.146 e.